The number of halogens is 2. The smallest absolute Gasteiger partial charge is 0.310 e. The van der Waals surface area contributed by atoms with Gasteiger partial charge in [0.25, 0.3) is 5.91 Å². The fourth-order valence-electron chi connectivity index (χ4n) is 4.05. The number of aromatic nitrogens is 1. The summed E-state index contributed by atoms with van der Waals surface area (Å²) >= 11 is 12.5. The lowest BCUT2D eigenvalue weighted by atomic mass is 9.87. The first-order valence-electron chi connectivity index (χ1n) is 9.90. The minimum absolute atomic E-state index is 0.251. The Hall–Kier alpha value is -2.54. The van der Waals surface area contributed by atoms with Crippen LogP contribution in [0.5, 0.6) is 0 Å². The van der Waals surface area contributed by atoms with Crippen molar-refractivity contribution in [1.82, 2.24) is 9.88 Å². The van der Waals surface area contributed by atoms with E-state index in [2.05, 4.69) is 5.32 Å². The maximum absolute atomic E-state index is 13.3. The van der Waals surface area contributed by atoms with Crippen molar-refractivity contribution >= 4 is 46.0 Å². The molecule has 2 N–H and O–H groups in total. The van der Waals surface area contributed by atoms with Gasteiger partial charge in [0.1, 0.15) is 5.69 Å². The second-order valence-corrected chi connectivity index (χ2v) is 8.69. The van der Waals surface area contributed by atoms with Crippen LogP contribution < -0.4 is 5.32 Å². The highest BCUT2D eigenvalue weighted by molar-refractivity contribution is 6.45. The molecule has 2 aromatic carbocycles. The zero-order chi connectivity index (χ0) is 22.3. The average molecular weight is 461 g/mol. The van der Waals surface area contributed by atoms with Crippen molar-refractivity contribution in [1.29, 1.82) is 0 Å². The number of carboxylic acids is 1. The van der Waals surface area contributed by atoms with Crippen LogP contribution in [0.4, 0.5) is 0 Å². The van der Waals surface area contributed by atoms with Gasteiger partial charge in [-0.05, 0) is 36.2 Å². The van der Waals surface area contributed by atoms with Crippen molar-refractivity contribution < 1.29 is 19.4 Å². The molecule has 0 saturated carbocycles. The summed E-state index contributed by atoms with van der Waals surface area (Å²) in [6.07, 6.45) is 0.614. The molecule has 1 aliphatic heterocycles. The number of nitrogens with one attached hydrogen (secondary N) is 1. The first-order chi connectivity index (χ1) is 14.7. The molecule has 6 nitrogen and oxygen atoms in total. The highest BCUT2D eigenvalue weighted by Gasteiger charge is 2.39. The summed E-state index contributed by atoms with van der Waals surface area (Å²) < 4.78 is 7.42. The Balaban J connectivity index is 1.67. The molecule has 1 saturated heterocycles. The number of aliphatic carboxylic acids is 1. The predicted molar refractivity (Wildman–Crippen MR) is 120 cm³/mol. The van der Waals surface area contributed by atoms with Crippen LogP contribution in [-0.2, 0) is 22.1 Å². The summed E-state index contributed by atoms with van der Waals surface area (Å²) in [4.78, 5) is 24.5. The number of nitrogens with zero attached hydrogens (tertiary/aromatic N) is 1. The Bertz CT molecular complexity index is 1160. The first-order valence-corrected chi connectivity index (χ1v) is 10.7. The van der Waals surface area contributed by atoms with Crippen LogP contribution >= 0.6 is 23.2 Å². The van der Waals surface area contributed by atoms with Gasteiger partial charge in [-0.3, -0.25) is 9.59 Å². The Morgan fingerprint density at radius 2 is 1.90 bits per heavy atom. The number of fused-ring (bicyclic) bond motifs is 1. The van der Waals surface area contributed by atoms with Gasteiger partial charge in [-0.15, -0.1) is 0 Å². The molecule has 31 heavy (non-hydrogen) atoms. The van der Waals surface area contributed by atoms with Crippen molar-refractivity contribution in [3.8, 4) is 0 Å². The van der Waals surface area contributed by atoms with Crippen LogP contribution in [0.2, 0.25) is 10.0 Å². The van der Waals surface area contributed by atoms with Gasteiger partial charge in [-0.25, -0.2) is 0 Å². The number of aryl methyl sites for hydroxylation is 1. The zero-order valence-electron chi connectivity index (χ0n) is 17.1. The van der Waals surface area contributed by atoms with E-state index in [1.165, 1.54) is 0 Å². The third kappa shape index (κ3) is 3.80. The molecule has 2 unspecified atom stereocenters. The van der Waals surface area contributed by atoms with E-state index in [0.717, 1.165) is 11.1 Å². The SMILES string of the molecule is CC(C(=O)O)c1ccc(C2(NC(=O)c3cc4c(Cl)c(Cl)ccc4n3C)CCOC2)cc1. The molecular formula is C23H22Cl2N2O4. The maximum Gasteiger partial charge on any atom is 0.310 e. The average Bonchev–Trinajstić information content (AvgIpc) is 3.36. The summed E-state index contributed by atoms with van der Waals surface area (Å²) in [6.45, 7) is 2.50. The van der Waals surface area contributed by atoms with E-state index < -0.39 is 17.4 Å². The van der Waals surface area contributed by atoms with E-state index in [-0.39, 0.29) is 5.91 Å². The van der Waals surface area contributed by atoms with Crippen molar-refractivity contribution in [2.75, 3.05) is 13.2 Å². The number of hydrogen-bond acceptors (Lipinski definition) is 3. The Kier molecular flexibility index (Phi) is 5.73. The lowest BCUT2D eigenvalue weighted by Gasteiger charge is -2.30. The maximum atomic E-state index is 13.3. The fourth-order valence-corrected chi connectivity index (χ4v) is 4.42. The van der Waals surface area contributed by atoms with E-state index in [1.54, 1.807) is 42.8 Å². The number of benzene rings is 2. The molecule has 162 valence electrons. The number of carboxylic acid groups (broad SMARTS) is 1. The second-order valence-electron chi connectivity index (χ2n) is 7.90. The normalized spacial score (nSPS) is 19.5. The first kappa shape index (κ1) is 21.7. The molecule has 1 aliphatic rings. The third-order valence-electron chi connectivity index (χ3n) is 6.05. The third-order valence-corrected chi connectivity index (χ3v) is 6.87. The number of ether oxygens (including phenoxy) is 1. The molecule has 0 spiro atoms. The number of carbonyl (C=O) groups is 2. The topological polar surface area (TPSA) is 80.6 Å². The summed E-state index contributed by atoms with van der Waals surface area (Å²) in [6, 6.07) is 12.6. The van der Waals surface area contributed by atoms with Crippen LogP contribution in [0.25, 0.3) is 10.9 Å². The molecule has 1 fully saturated rings. The summed E-state index contributed by atoms with van der Waals surface area (Å²) in [5.74, 6) is -1.74. The highest BCUT2D eigenvalue weighted by Crippen LogP contribution is 2.35. The molecular weight excluding hydrogens is 439 g/mol. The molecule has 1 aromatic heterocycles. The van der Waals surface area contributed by atoms with Crippen molar-refractivity contribution in [2.24, 2.45) is 7.05 Å². The molecule has 0 aliphatic carbocycles. The fraction of sp³-hybridized carbons (Fsp3) is 0.304. The Morgan fingerprint density at radius 1 is 1.19 bits per heavy atom. The quantitative estimate of drug-likeness (QED) is 0.577. The number of hydrogen-bond donors (Lipinski definition) is 2. The van der Waals surface area contributed by atoms with Crippen LogP contribution in [0.15, 0.2) is 42.5 Å². The molecule has 8 heteroatoms. The van der Waals surface area contributed by atoms with Gasteiger partial charge in [-0.1, -0.05) is 47.5 Å². The molecule has 2 atom stereocenters. The molecule has 2 heterocycles. The van der Waals surface area contributed by atoms with Gasteiger partial charge < -0.3 is 19.7 Å². The van der Waals surface area contributed by atoms with E-state index in [0.29, 0.717) is 46.3 Å². The largest absolute Gasteiger partial charge is 0.481 e. The van der Waals surface area contributed by atoms with Gasteiger partial charge in [-0.2, -0.15) is 0 Å². The van der Waals surface area contributed by atoms with Crippen molar-refractivity contribution in [2.45, 2.75) is 24.8 Å². The van der Waals surface area contributed by atoms with Gasteiger partial charge in [0.05, 0.1) is 28.1 Å². The van der Waals surface area contributed by atoms with Crippen LogP contribution in [0, 0.1) is 0 Å². The minimum Gasteiger partial charge on any atom is -0.481 e. The number of carbonyl (C=O) groups excluding carboxylic acids is 1. The molecule has 0 bridgehead atoms. The lowest BCUT2D eigenvalue weighted by Crippen LogP contribution is -2.47. The zero-order valence-corrected chi connectivity index (χ0v) is 18.6. The summed E-state index contributed by atoms with van der Waals surface area (Å²) in [7, 11) is 1.81. The van der Waals surface area contributed by atoms with Gasteiger partial charge in [0.2, 0.25) is 0 Å². The highest BCUT2D eigenvalue weighted by atomic mass is 35.5. The molecule has 0 radical (unpaired) electrons. The number of amides is 1. The van der Waals surface area contributed by atoms with E-state index in [9.17, 15) is 14.7 Å². The van der Waals surface area contributed by atoms with Crippen molar-refractivity contribution in [3.63, 3.8) is 0 Å². The Labute approximate surface area is 189 Å². The van der Waals surface area contributed by atoms with E-state index in [1.807, 2.05) is 18.2 Å². The monoisotopic (exact) mass is 460 g/mol. The van der Waals surface area contributed by atoms with Gasteiger partial charge >= 0.3 is 5.97 Å². The second kappa shape index (κ2) is 8.19. The summed E-state index contributed by atoms with van der Waals surface area (Å²) in [5, 5.41) is 14.0. The molecule has 1 amide bonds. The predicted octanol–water partition coefficient (Wildman–Crippen LogP) is 4.72. The van der Waals surface area contributed by atoms with E-state index in [4.69, 9.17) is 27.9 Å². The van der Waals surface area contributed by atoms with Gasteiger partial charge in [0.15, 0.2) is 0 Å². The molecule has 3 aromatic rings. The summed E-state index contributed by atoms with van der Waals surface area (Å²) in [5.41, 5.74) is 2.15. The Morgan fingerprint density at radius 3 is 2.52 bits per heavy atom. The van der Waals surface area contributed by atoms with Crippen LogP contribution in [0.1, 0.15) is 40.9 Å². The molecule has 4 rings (SSSR count). The lowest BCUT2D eigenvalue weighted by molar-refractivity contribution is -0.138. The van der Waals surface area contributed by atoms with E-state index >= 15 is 0 Å². The standard InChI is InChI=1S/C23H22Cl2N2O4/c1-13(22(29)30)14-3-5-15(6-4-14)23(9-10-31-12-23)26-21(28)19-11-16-18(27(19)2)8-7-17(24)20(16)25/h3-8,11,13H,9-10,12H2,1-2H3,(H,26,28)(H,29,30). The van der Waals surface area contributed by atoms with Crippen molar-refractivity contribution in [3.05, 3.63) is 69.3 Å². The van der Waals surface area contributed by atoms with Crippen LogP contribution in [0.3, 0.4) is 0 Å². The van der Waals surface area contributed by atoms with Crippen LogP contribution in [-0.4, -0.2) is 34.8 Å². The van der Waals surface area contributed by atoms with Gasteiger partial charge in [0, 0.05) is 31.0 Å². The number of rotatable bonds is 5. The minimum atomic E-state index is -0.880.